The van der Waals surface area contributed by atoms with Crippen molar-refractivity contribution in [3.05, 3.63) is 0 Å². The summed E-state index contributed by atoms with van der Waals surface area (Å²) in [5.41, 5.74) is 0. The van der Waals surface area contributed by atoms with Crippen LogP contribution in [0.25, 0.3) is 0 Å². The molecule has 200 valence electrons. The summed E-state index contributed by atoms with van der Waals surface area (Å²) in [4.78, 5) is 0. The number of hydrogen-bond donors (Lipinski definition) is 0. The molecule has 0 aliphatic rings. The average Bonchev–Trinajstić information content (AvgIpc) is 2.73. The Balaban J connectivity index is -0.00000131. The quantitative estimate of drug-likeness (QED) is 0.0737. The van der Waals surface area contributed by atoms with Gasteiger partial charge in [0, 0.05) is 0 Å². The molecule has 0 aromatic rings. The zero-order valence-corrected chi connectivity index (χ0v) is 27.6. The lowest BCUT2D eigenvalue weighted by Gasteiger charge is -2.39. The largest absolute Gasteiger partial charge is 1.00 e. The molecule has 0 aromatic carbocycles. The van der Waals surface area contributed by atoms with Crippen molar-refractivity contribution in [2.45, 2.75) is 156 Å². The first-order valence-electron chi connectivity index (χ1n) is 14.1. The van der Waals surface area contributed by atoms with Gasteiger partial charge in [0.1, 0.15) is 0 Å². The van der Waals surface area contributed by atoms with Gasteiger partial charge in [-0.05, 0) is 51.4 Å². The number of hydrogen-bond acceptors (Lipinski definition) is 0. The third-order valence-corrected chi connectivity index (χ3v) is 6.94. The Morgan fingerprint density at radius 3 is 0.688 bits per heavy atom. The molecule has 0 N–H and O–H groups in total. The minimum atomic E-state index is 0. The summed E-state index contributed by atoms with van der Waals surface area (Å²) in [6.07, 6.45) is 28.8. The van der Waals surface area contributed by atoms with Crippen LogP contribution < -0.4 is 17.0 Å². The van der Waals surface area contributed by atoms with Gasteiger partial charge in [0.25, 0.3) is 0 Å². The summed E-state index contributed by atoms with van der Waals surface area (Å²) in [5, 5.41) is 0. The van der Waals surface area contributed by atoms with Gasteiger partial charge in [0.05, 0.1) is 26.2 Å². The molecule has 0 spiro atoms. The third-order valence-electron chi connectivity index (χ3n) is 6.94. The molecule has 0 saturated heterocycles. The average molecular weight is 653 g/mol. The van der Waals surface area contributed by atoms with E-state index in [1.54, 1.807) is 0 Å². The molecule has 0 atom stereocenters. The fourth-order valence-corrected chi connectivity index (χ4v) is 4.87. The maximum atomic E-state index is 2.34. The zero-order chi connectivity index (χ0) is 21.5. The number of unbranched alkanes of at least 4 members (excludes halogenated alkanes) is 16. The van der Waals surface area contributed by atoms with Crippen LogP contribution >= 0.6 is 34.0 Å². The normalized spacial score (nSPS) is 10.9. The van der Waals surface area contributed by atoms with E-state index in [1.165, 1.54) is 159 Å². The van der Waals surface area contributed by atoms with Crippen molar-refractivity contribution in [1.29, 1.82) is 0 Å². The predicted octanol–water partition coefficient (Wildman–Crippen LogP) is 7.84. The van der Waals surface area contributed by atoms with E-state index in [0.29, 0.717) is 0 Å². The van der Waals surface area contributed by atoms with Crippen molar-refractivity contribution in [2.75, 3.05) is 26.2 Å². The summed E-state index contributed by atoms with van der Waals surface area (Å²) in [6.45, 7) is 15.2. The highest BCUT2D eigenvalue weighted by Crippen LogP contribution is 2.20. The van der Waals surface area contributed by atoms with E-state index in [-0.39, 0.29) is 50.9 Å². The van der Waals surface area contributed by atoms with E-state index in [2.05, 4.69) is 27.7 Å². The van der Waals surface area contributed by atoms with E-state index in [9.17, 15) is 0 Å². The minimum absolute atomic E-state index is 0. The maximum absolute atomic E-state index is 2.34. The minimum Gasteiger partial charge on any atom is -1.00 e. The SMILES string of the molecule is Br.Br.CCCCCCC[N+](CCCCCCC)(CCCCCCC)CCCCCCC.[Br-]. The molecule has 0 aromatic heterocycles. The van der Waals surface area contributed by atoms with Gasteiger partial charge in [0.2, 0.25) is 0 Å². The lowest BCUT2D eigenvalue weighted by atomic mass is 10.1. The molecular weight excluding hydrogens is 590 g/mol. The van der Waals surface area contributed by atoms with Crippen LogP contribution in [0, 0.1) is 0 Å². The summed E-state index contributed by atoms with van der Waals surface area (Å²) >= 11 is 0. The molecule has 0 rings (SSSR count). The van der Waals surface area contributed by atoms with E-state index in [1.807, 2.05) is 0 Å². The highest BCUT2D eigenvalue weighted by molar-refractivity contribution is 8.93. The van der Waals surface area contributed by atoms with Gasteiger partial charge in [0.15, 0.2) is 0 Å². The van der Waals surface area contributed by atoms with Crippen molar-refractivity contribution in [2.24, 2.45) is 0 Å². The van der Waals surface area contributed by atoms with Crippen molar-refractivity contribution < 1.29 is 21.5 Å². The standard InChI is InChI=1S/C28H60N.3BrH/c1-5-9-13-17-21-25-29(26-22-18-14-10-6-2,27-23-19-15-11-7-3)28-24-20-16-12-8-4;;;/h5-28H2,1-4H3;3*1H/q+1;;;/p-1. The first kappa shape index (κ1) is 40.6. The first-order chi connectivity index (χ1) is 14.2. The van der Waals surface area contributed by atoms with Crippen LogP contribution in [0.4, 0.5) is 0 Å². The molecule has 32 heavy (non-hydrogen) atoms. The highest BCUT2D eigenvalue weighted by Gasteiger charge is 2.25. The number of nitrogens with zero attached hydrogens (tertiary/aromatic N) is 1. The molecule has 1 nitrogen and oxygen atoms in total. The summed E-state index contributed by atoms with van der Waals surface area (Å²) in [5.74, 6) is 0. The molecule has 0 amide bonds. The van der Waals surface area contributed by atoms with Crippen LogP contribution in [0.3, 0.4) is 0 Å². The van der Waals surface area contributed by atoms with Crippen LogP contribution in [0.5, 0.6) is 0 Å². The zero-order valence-electron chi connectivity index (χ0n) is 22.6. The molecule has 4 heteroatoms. The van der Waals surface area contributed by atoms with Gasteiger partial charge < -0.3 is 21.5 Å². The number of quaternary nitrogens is 1. The molecular formula is C28H62Br3N. The molecule has 0 bridgehead atoms. The topological polar surface area (TPSA) is 0 Å². The second kappa shape index (κ2) is 32.4. The maximum Gasteiger partial charge on any atom is 0.0786 e. The molecule has 0 unspecified atom stereocenters. The second-order valence-corrected chi connectivity index (χ2v) is 9.89. The third kappa shape index (κ3) is 26.0. The molecule has 0 fully saturated rings. The fourth-order valence-electron chi connectivity index (χ4n) is 4.87. The van der Waals surface area contributed by atoms with Crippen LogP contribution in [0.2, 0.25) is 0 Å². The Morgan fingerprint density at radius 2 is 0.500 bits per heavy atom. The molecule has 0 aliphatic carbocycles. The van der Waals surface area contributed by atoms with Gasteiger partial charge in [-0.15, -0.1) is 34.0 Å². The number of rotatable bonds is 24. The van der Waals surface area contributed by atoms with Gasteiger partial charge in [-0.3, -0.25) is 0 Å². The fraction of sp³-hybridized carbons (Fsp3) is 1.00. The lowest BCUT2D eigenvalue weighted by molar-refractivity contribution is -0.929. The molecule has 0 heterocycles. The molecule has 0 aliphatic heterocycles. The van der Waals surface area contributed by atoms with Crippen molar-refractivity contribution in [3.63, 3.8) is 0 Å². The van der Waals surface area contributed by atoms with Crippen LogP contribution in [-0.2, 0) is 0 Å². The summed E-state index contributed by atoms with van der Waals surface area (Å²) < 4.78 is 1.47. The van der Waals surface area contributed by atoms with E-state index in [0.717, 1.165) is 0 Å². The van der Waals surface area contributed by atoms with E-state index in [4.69, 9.17) is 0 Å². The lowest BCUT2D eigenvalue weighted by Crippen LogP contribution is -3.00. The van der Waals surface area contributed by atoms with Gasteiger partial charge in [-0.25, -0.2) is 0 Å². The Kier molecular flexibility index (Phi) is 41.1. The monoisotopic (exact) mass is 649 g/mol. The van der Waals surface area contributed by atoms with Gasteiger partial charge >= 0.3 is 0 Å². The Hall–Kier alpha value is 1.40. The van der Waals surface area contributed by atoms with Crippen molar-refractivity contribution >= 4 is 34.0 Å². The molecule has 0 radical (unpaired) electrons. The van der Waals surface area contributed by atoms with Crippen molar-refractivity contribution in [3.8, 4) is 0 Å². The summed E-state index contributed by atoms with van der Waals surface area (Å²) in [7, 11) is 0. The first-order valence-corrected chi connectivity index (χ1v) is 14.1. The highest BCUT2D eigenvalue weighted by atomic mass is 79.9. The van der Waals surface area contributed by atoms with Gasteiger partial charge in [-0.1, -0.05) is 105 Å². The Morgan fingerprint density at radius 1 is 0.312 bits per heavy atom. The molecule has 0 saturated carbocycles. The van der Waals surface area contributed by atoms with E-state index < -0.39 is 0 Å². The van der Waals surface area contributed by atoms with Crippen LogP contribution in [0.1, 0.15) is 156 Å². The van der Waals surface area contributed by atoms with Crippen LogP contribution in [-0.4, -0.2) is 30.7 Å². The Bertz CT molecular complexity index is 252. The predicted molar refractivity (Wildman–Crippen MR) is 155 cm³/mol. The van der Waals surface area contributed by atoms with Crippen LogP contribution in [0.15, 0.2) is 0 Å². The number of halogens is 3. The Labute approximate surface area is 236 Å². The van der Waals surface area contributed by atoms with Crippen molar-refractivity contribution in [1.82, 2.24) is 0 Å². The summed E-state index contributed by atoms with van der Waals surface area (Å²) in [6, 6.07) is 0. The second-order valence-electron chi connectivity index (χ2n) is 9.89. The van der Waals surface area contributed by atoms with Gasteiger partial charge in [-0.2, -0.15) is 0 Å². The van der Waals surface area contributed by atoms with E-state index >= 15 is 0 Å². The smallest absolute Gasteiger partial charge is 0.0786 e.